The molecule has 2 aliphatic rings. The summed E-state index contributed by atoms with van der Waals surface area (Å²) in [6, 6.07) is 11.6. The number of piperidine rings is 1. The molecule has 2 fully saturated rings. The third-order valence-corrected chi connectivity index (χ3v) is 9.43. The van der Waals surface area contributed by atoms with E-state index >= 15 is 4.39 Å². The zero-order chi connectivity index (χ0) is 33.9. The first-order valence-electron chi connectivity index (χ1n) is 16.2. The van der Waals surface area contributed by atoms with Gasteiger partial charge in [-0.2, -0.15) is 0 Å². The Hall–Kier alpha value is -4.46. The molecule has 0 radical (unpaired) electrons. The Morgan fingerprint density at radius 1 is 1.15 bits per heavy atom. The molecule has 4 heterocycles. The lowest BCUT2D eigenvalue weighted by atomic mass is 10.0. The van der Waals surface area contributed by atoms with Gasteiger partial charge in [0.1, 0.15) is 18.3 Å². The van der Waals surface area contributed by atoms with Crippen molar-refractivity contribution in [2.45, 2.75) is 44.8 Å². The molecule has 1 unspecified atom stereocenters. The average molecular weight is 679 g/mol. The quantitative estimate of drug-likeness (QED) is 0.229. The summed E-state index contributed by atoms with van der Waals surface area (Å²) in [4.78, 5) is 39.9. The first kappa shape index (κ1) is 33.4. The number of hydrogen-bond donors (Lipinski definition) is 3. The number of rotatable bonds is 10. The monoisotopic (exact) mass is 678 g/mol. The second-order valence-corrected chi connectivity index (χ2v) is 12.7. The van der Waals surface area contributed by atoms with E-state index in [0.717, 1.165) is 25.9 Å². The Morgan fingerprint density at radius 3 is 2.60 bits per heavy atom. The van der Waals surface area contributed by atoms with Gasteiger partial charge in [0, 0.05) is 38.3 Å². The molecule has 4 N–H and O–H groups in total. The number of β-amino-alcohol motifs (C(OH)–C–C–N with tert-alkyl or cyclic N) is 1. The number of nitrogen functional groups attached to an aromatic ring is 1. The lowest BCUT2D eigenvalue weighted by Gasteiger charge is -2.33. The van der Waals surface area contributed by atoms with E-state index in [1.165, 1.54) is 16.9 Å². The van der Waals surface area contributed by atoms with Gasteiger partial charge in [-0.25, -0.2) is 19.0 Å². The largest absolute Gasteiger partial charge is 0.488 e. The van der Waals surface area contributed by atoms with Crippen LogP contribution in [0.5, 0.6) is 5.75 Å². The van der Waals surface area contributed by atoms with Crippen LogP contribution in [-0.2, 0) is 7.05 Å². The summed E-state index contributed by atoms with van der Waals surface area (Å²) >= 11 is 6.35. The van der Waals surface area contributed by atoms with Gasteiger partial charge in [-0.3, -0.25) is 14.3 Å². The number of amides is 1. The van der Waals surface area contributed by atoms with Crippen LogP contribution in [0.3, 0.4) is 0 Å². The van der Waals surface area contributed by atoms with E-state index < -0.39 is 23.4 Å². The molecule has 12 nitrogen and oxygen atoms in total. The van der Waals surface area contributed by atoms with E-state index in [-0.39, 0.29) is 35.3 Å². The second-order valence-electron chi connectivity index (χ2n) is 12.3. The third-order valence-electron chi connectivity index (χ3n) is 9.11. The number of para-hydroxylation sites is 1. The van der Waals surface area contributed by atoms with Crippen LogP contribution in [0, 0.1) is 12.7 Å². The molecule has 6 rings (SSSR count). The molecule has 4 aromatic rings. The number of aliphatic hydroxyl groups excluding tert-OH is 1. The van der Waals surface area contributed by atoms with E-state index in [1.807, 2.05) is 4.90 Å². The maximum Gasteiger partial charge on any atom is 0.284 e. The highest BCUT2D eigenvalue weighted by atomic mass is 35.5. The molecule has 0 aliphatic carbocycles. The maximum atomic E-state index is 15.6. The van der Waals surface area contributed by atoms with Crippen LogP contribution < -0.4 is 26.2 Å². The SMILES string of the molecule is Cc1c(C(=O)NC2CCN(c3nc(-c4cccc(OCC(O)CN5CCCC5)c4F)cnc3N)CC2)c(=O)n(-c2ccccc2Cl)n1C. The molecular formula is C34H40ClFN8O4. The predicted octanol–water partition coefficient (Wildman–Crippen LogP) is 3.55. The number of carbonyl (C=O) groups is 1. The summed E-state index contributed by atoms with van der Waals surface area (Å²) < 4.78 is 24.3. The number of hydrogen-bond acceptors (Lipinski definition) is 9. The summed E-state index contributed by atoms with van der Waals surface area (Å²) in [6.45, 7) is 5.10. The Labute approximate surface area is 282 Å². The van der Waals surface area contributed by atoms with Crippen molar-refractivity contribution in [3.63, 3.8) is 0 Å². The van der Waals surface area contributed by atoms with Gasteiger partial charge >= 0.3 is 0 Å². The van der Waals surface area contributed by atoms with E-state index in [4.69, 9.17) is 22.1 Å². The molecule has 0 spiro atoms. The Kier molecular flexibility index (Phi) is 9.99. The van der Waals surface area contributed by atoms with Crippen molar-refractivity contribution in [1.82, 2.24) is 29.5 Å². The smallest absolute Gasteiger partial charge is 0.284 e. The van der Waals surface area contributed by atoms with Crippen LogP contribution >= 0.6 is 11.6 Å². The van der Waals surface area contributed by atoms with E-state index in [2.05, 4.69) is 20.2 Å². The van der Waals surface area contributed by atoms with Crippen molar-refractivity contribution in [1.29, 1.82) is 0 Å². The number of anilines is 2. The minimum absolute atomic E-state index is 0.0250. The maximum absolute atomic E-state index is 15.6. The van der Waals surface area contributed by atoms with Crippen molar-refractivity contribution < 1.29 is 19.0 Å². The number of nitrogens with one attached hydrogen (secondary N) is 1. The fraction of sp³-hybridized carbons (Fsp3) is 0.412. The number of ether oxygens (including phenoxy) is 1. The minimum Gasteiger partial charge on any atom is -0.488 e. The normalized spacial score (nSPS) is 16.3. The van der Waals surface area contributed by atoms with Crippen molar-refractivity contribution in [3.8, 4) is 22.7 Å². The summed E-state index contributed by atoms with van der Waals surface area (Å²) in [5, 5.41) is 13.8. The zero-order valence-electron chi connectivity index (χ0n) is 27.0. The number of carbonyl (C=O) groups excluding carboxylic acids is 1. The van der Waals surface area contributed by atoms with Crippen LogP contribution in [0.1, 0.15) is 41.7 Å². The van der Waals surface area contributed by atoms with Gasteiger partial charge in [-0.1, -0.05) is 29.8 Å². The molecule has 254 valence electrons. The molecule has 2 saturated heterocycles. The van der Waals surface area contributed by atoms with Crippen LogP contribution in [0.25, 0.3) is 16.9 Å². The van der Waals surface area contributed by atoms with E-state index in [1.54, 1.807) is 55.1 Å². The molecule has 2 aromatic carbocycles. The highest BCUT2D eigenvalue weighted by molar-refractivity contribution is 6.32. The highest BCUT2D eigenvalue weighted by Gasteiger charge is 2.28. The lowest BCUT2D eigenvalue weighted by molar-refractivity contribution is 0.0743. The van der Waals surface area contributed by atoms with Gasteiger partial charge < -0.3 is 30.7 Å². The Balaban J connectivity index is 1.11. The molecule has 14 heteroatoms. The number of likely N-dealkylation sites (tertiary alicyclic amines) is 1. The number of aliphatic hydroxyl groups is 1. The topological polar surface area (TPSA) is 144 Å². The lowest BCUT2D eigenvalue weighted by Crippen LogP contribution is -2.46. The zero-order valence-corrected chi connectivity index (χ0v) is 27.8. The molecule has 0 saturated carbocycles. The van der Waals surface area contributed by atoms with Gasteiger partial charge in [0.05, 0.1) is 28.3 Å². The number of benzene rings is 2. The molecule has 1 atom stereocenters. The molecule has 1 amide bonds. The first-order valence-corrected chi connectivity index (χ1v) is 16.5. The summed E-state index contributed by atoms with van der Waals surface area (Å²) in [6.07, 6.45) is 4.07. The van der Waals surface area contributed by atoms with Crippen LogP contribution in [-0.4, -0.2) is 86.7 Å². The summed E-state index contributed by atoms with van der Waals surface area (Å²) in [7, 11) is 1.71. The molecule has 2 aliphatic heterocycles. The van der Waals surface area contributed by atoms with Crippen molar-refractivity contribution >= 4 is 29.1 Å². The minimum atomic E-state index is -0.731. The summed E-state index contributed by atoms with van der Waals surface area (Å²) in [5.41, 5.74) is 7.37. The molecule has 0 bridgehead atoms. The molecular weight excluding hydrogens is 639 g/mol. The van der Waals surface area contributed by atoms with E-state index in [0.29, 0.717) is 60.4 Å². The van der Waals surface area contributed by atoms with Crippen molar-refractivity contribution in [2.24, 2.45) is 7.05 Å². The average Bonchev–Trinajstić information content (AvgIpc) is 3.66. The van der Waals surface area contributed by atoms with Crippen molar-refractivity contribution in [2.75, 3.05) is 50.0 Å². The number of nitrogens with zero attached hydrogens (tertiary/aromatic N) is 6. The van der Waals surface area contributed by atoms with Gasteiger partial charge in [0.15, 0.2) is 23.2 Å². The third kappa shape index (κ3) is 6.89. The molecule has 48 heavy (non-hydrogen) atoms. The number of aromatic nitrogens is 4. The number of nitrogens with two attached hydrogens (primary N) is 1. The van der Waals surface area contributed by atoms with Crippen LogP contribution in [0.15, 0.2) is 53.5 Å². The first-order chi connectivity index (χ1) is 23.1. The molecule has 2 aromatic heterocycles. The van der Waals surface area contributed by atoms with E-state index in [9.17, 15) is 14.7 Å². The van der Waals surface area contributed by atoms with Gasteiger partial charge in [0.2, 0.25) is 0 Å². The van der Waals surface area contributed by atoms with Gasteiger partial charge in [0.25, 0.3) is 11.5 Å². The number of halogens is 2. The van der Waals surface area contributed by atoms with Crippen LogP contribution in [0.4, 0.5) is 16.0 Å². The summed E-state index contributed by atoms with van der Waals surface area (Å²) in [5.74, 6) is -0.386. The standard InChI is InChI=1S/C34H40ClFN8O4/c1-21-29(34(47)44(41(21)2)27-10-4-3-9-25(27)35)33(46)39-22-12-16-43(17-13-22)32-31(37)38-18-26(40-32)24-8-7-11-28(30(24)36)48-20-23(45)19-42-14-5-6-15-42/h3-4,7-11,18,22-23,45H,5-6,12-17,19-20H2,1-2H3,(H2,37,38)(H,39,46). The van der Waals surface area contributed by atoms with Crippen LogP contribution in [0.2, 0.25) is 5.02 Å². The Morgan fingerprint density at radius 2 is 1.88 bits per heavy atom. The fourth-order valence-electron chi connectivity index (χ4n) is 6.43. The highest BCUT2D eigenvalue weighted by Crippen LogP contribution is 2.31. The predicted molar refractivity (Wildman–Crippen MR) is 182 cm³/mol. The fourth-order valence-corrected chi connectivity index (χ4v) is 6.65. The second kappa shape index (κ2) is 14.3. The Bertz CT molecular complexity index is 1850. The van der Waals surface area contributed by atoms with Crippen molar-refractivity contribution in [3.05, 3.63) is 81.1 Å². The van der Waals surface area contributed by atoms with Gasteiger partial charge in [-0.05, 0) is 70.0 Å². The van der Waals surface area contributed by atoms with Gasteiger partial charge in [-0.15, -0.1) is 0 Å².